The van der Waals surface area contributed by atoms with Crippen LogP contribution in [0.4, 0.5) is 4.79 Å². The van der Waals surface area contributed by atoms with Gasteiger partial charge in [0.05, 0.1) is 19.3 Å². The Balaban J connectivity index is 2.40. The molecule has 0 bridgehead atoms. The van der Waals surface area contributed by atoms with Crippen molar-refractivity contribution in [2.24, 2.45) is 5.73 Å². The monoisotopic (exact) mass is 244 g/mol. The van der Waals surface area contributed by atoms with E-state index in [0.717, 1.165) is 12.8 Å². The molecule has 1 amide bonds. The van der Waals surface area contributed by atoms with Gasteiger partial charge in [0, 0.05) is 6.54 Å². The van der Waals surface area contributed by atoms with Gasteiger partial charge < -0.3 is 20.1 Å². The second-order valence-electron chi connectivity index (χ2n) is 5.35. The van der Waals surface area contributed by atoms with Crippen molar-refractivity contribution in [2.45, 2.75) is 45.3 Å². The first-order valence-electron chi connectivity index (χ1n) is 6.22. The molecule has 100 valence electrons. The zero-order valence-corrected chi connectivity index (χ0v) is 11.1. The maximum Gasteiger partial charge on any atom is 0.410 e. The van der Waals surface area contributed by atoms with Gasteiger partial charge in [0.2, 0.25) is 0 Å². The summed E-state index contributed by atoms with van der Waals surface area (Å²) in [5, 5.41) is 0. The Labute approximate surface area is 103 Å². The van der Waals surface area contributed by atoms with Crippen molar-refractivity contribution in [3.05, 3.63) is 0 Å². The Kier molecular flexibility index (Phi) is 5.21. The van der Waals surface area contributed by atoms with Crippen LogP contribution in [0.2, 0.25) is 0 Å². The molecule has 0 aliphatic carbocycles. The predicted molar refractivity (Wildman–Crippen MR) is 65.8 cm³/mol. The van der Waals surface area contributed by atoms with E-state index in [1.54, 1.807) is 4.90 Å². The second kappa shape index (κ2) is 6.21. The molecule has 2 N–H and O–H groups in total. The third kappa shape index (κ3) is 5.37. The number of nitrogens with two attached hydrogens (primary N) is 1. The molecule has 1 aliphatic rings. The summed E-state index contributed by atoms with van der Waals surface area (Å²) in [4.78, 5) is 13.6. The highest BCUT2D eigenvalue weighted by atomic mass is 16.6. The fourth-order valence-electron chi connectivity index (χ4n) is 1.73. The fraction of sp³-hybridized carbons (Fsp3) is 0.917. The first-order chi connectivity index (χ1) is 7.92. The van der Waals surface area contributed by atoms with E-state index in [4.69, 9.17) is 15.2 Å². The summed E-state index contributed by atoms with van der Waals surface area (Å²) in [5.41, 5.74) is 5.02. The highest BCUT2D eigenvalue weighted by Gasteiger charge is 2.27. The number of nitrogens with zero attached hydrogens (tertiary/aromatic N) is 1. The Morgan fingerprint density at radius 3 is 2.82 bits per heavy atom. The molecule has 1 fully saturated rings. The van der Waals surface area contributed by atoms with E-state index in [0.29, 0.717) is 26.2 Å². The molecule has 1 rings (SSSR count). The summed E-state index contributed by atoms with van der Waals surface area (Å²) in [6.07, 6.45) is 1.67. The summed E-state index contributed by atoms with van der Waals surface area (Å²) < 4.78 is 10.9. The van der Waals surface area contributed by atoms with Crippen LogP contribution >= 0.6 is 0 Å². The summed E-state index contributed by atoms with van der Waals surface area (Å²) in [5.74, 6) is 0. The summed E-state index contributed by atoms with van der Waals surface area (Å²) >= 11 is 0. The average molecular weight is 244 g/mol. The summed E-state index contributed by atoms with van der Waals surface area (Å²) in [7, 11) is 0. The van der Waals surface area contributed by atoms with Crippen LogP contribution in [0.15, 0.2) is 0 Å². The van der Waals surface area contributed by atoms with Crippen LogP contribution in [0.3, 0.4) is 0 Å². The fourth-order valence-corrected chi connectivity index (χ4v) is 1.73. The molecular formula is C12H24N2O3. The van der Waals surface area contributed by atoms with Gasteiger partial charge >= 0.3 is 6.09 Å². The first kappa shape index (κ1) is 14.3. The molecule has 1 atom stereocenters. The van der Waals surface area contributed by atoms with E-state index in [2.05, 4.69) is 0 Å². The van der Waals surface area contributed by atoms with E-state index >= 15 is 0 Å². The van der Waals surface area contributed by atoms with Crippen LogP contribution in [0.5, 0.6) is 0 Å². The Morgan fingerprint density at radius 1 is 1.53 bits per heavy atom. The van der Waals surface area contributed by atoms with Gasteiger partial charge in [0.15, 0.2) is 0 Å². The lowest BCUT2D eigenvalue weighted by Gasteiger charge is -2.34. The van der Waals surface area contributed by atoms with Crippen LogP contribution in [-0.2, 0) is 9.47 Å². The number of hydrogen-bond acceptors (Lipinski definition) is 4. The van der Waals surface area contributed by atoms with Gasteiger partial charge in [0.25, 0.3) is 0 Å². The maximum absolute atomic E-state index is 11.9. The third-order valence-corrected chi connectivity index (χ3v) is 2.52. The molecule has 1 heterocycles. The highest BCUT2D eigenvalue weighted by molar-refractivity contribution is 5.68. The minimum atomic E-state index is -0.442. The van der Waals surface area contributed by atoms with Crippen molar-refractivity contribution < 1.29 is 14.3 Å². The normalized spacial score (nSPS) is 21.4. The lowest BCUT2D eigenvalue weighted by atomic mass is 10.1. The number of morpholine rings is 1. The standard InChI is InChI=1S/C12H24N2O3/c1-12(2,3)17-11(15)14-7-8-16-10(9-14)5-4-6-13/h10H,4-9,13H2,1-3H3. The van der Waals surface area contributed by atoms with Crippen molar-refractivity contribution in [2.75, 3.05) is 26.2 Å². The van der Waals surface area contributed by atoms with Crippen LogP contribution in [0.1, 0.15) is 33.6 Å². The topological polar surface area (TPSA) is 64.8 Å². The Morgan fingerprint density at radius 2 is 2.24 bits per heavy atom. The molecule has 0 spiro atoms. The van der Waals surface area contributed by atoms with Gasteiger partial charge in [-0.3, -0.25) is 0 Å². The molecule has 0 aromatic heterocycles. The summed E-state index contributed by atoms with van der Waals surface area (Å²) in [6, 6.07) is 0. The van der Waals surface area contributed by atoms with Gasteiger partial charge in [-0.1, -0.05) is 0 Å². The predicted octanol–water partition coefficient (Wildman–Crippen LogP) is 1.36. The zero-order chi connectivity index (χ0) is 12.9. The molecule has 5 heteroatoms. The molecule has 1 saturated heterocycles. The van der Waals surface area contributed by atoms with Crippen molar-refractivity contribution in [3.8, 4) is 0 Å². The molecule has 0 radical (unpaired) electrons. The van der Waals surface area contributed by atoms with E-state index < -0.39 is 5.60 Å². The van der Waals surface area contributed by atoms with Gasteiger partial charge in [-0.25, -0.2) is 4.79 Å². The van der Waals surface area contributed by atoms with Crippen molar-refractivity contribution >= 4 is 6.09 Å². The molecule has 1 aliphatic heterocycles. The van der Waals surface area contributed by atoms with Crippen molar-refractivity contribution in [1.29, 1.82) is 0 Å². The second-order valence-corrected chi connectivity index (χ2v) is 5.35. The van der Waals surface area contributed by atoms with E-state index in [9.17, 15) is 4.79 Å². The van der Waals surface area contributed by atoms with Crippen LogP contribution in [-0.4, -0.2) is 48.9 Å². The molecule has 1 unspecified atom stereocenters. The van der Waals surface area contributed by atoms with Crippen molar-refractivity contribution in [1.82, 2.24) is 4.90 Å². The Hall–Kier alpha value is -0.810. The number of rotatable bonds is 3. The number of carbonyl (C=O) groups is 1. The molecule has 5 nitrogen and oxygen atoms in total. The van der Waals surface area contributed by atoms with E-state index in [1.807, 2.05) is 20.8 Å². The van der Waals surface area contributed by atoms with E-state index in [1.165, 1.54) is 0 Å². The molecule has 0 aromatic carbocycles. The molecular weight excluding hydrogens is 220 g/mol. The van der Waals surface area contributed by atoms with Crippen LogP contribution in [0.25, 0.3) is 0 Å². The average Bonchev–Trinajstić information content (AvgIpc) is 2.24. The van der Waals surface area contributed by atoms with Crippen LogP contribution < -0.4 is 5.73 Å². The zero-order valence-electron chi connectivity index (χ0n) is 11.1. The molecule has 0 saturated carbocycles. The highest BCUT2D eigenvalue weighted by Crippen LogP contribution is 2.14. The molecule has 0 aromatic rings. The lowest BCUT2D eigenvalue weighted by molar-refractivity contribution is -0.0447. The lowest BCUT2D eigenvalue weighted by Crippen LogP contribution is -2.47. The summed E-state index contributed by atoms with van der Waals surface area (Å²) in [6.45, 7) is 8.06. The third-order valence-electron chi connectivity index (χ3n) is 2.52. The van der Waals surface area contributed by atoms with Gasteiger partial charge in [0.1, 0.15) is 5.60 Å². The maximum atomic E-state index is 11.9. The number of hydrogen-bond donors (Lipinski definition) is 1. The number of amides is 1. The minimum absolute atomic E-state index is 0.0971. The number of carbonyl (C=O) groups excluding carboxylic acids is 1. The smallest absolute Gasteiger partial charge is 0.410 e. The first-order valence-corrected chi connectivity index (χ1v) is 6.22. The van der Waals surface area contributed by atoms with Gasteiger partial charge in [-0.05, 0) is 40.2 Å². The minimum Gasteiger partial charge on any atom is -0.444 e. The largest absolute Gasteiger partial charge is 0.444 e. The Bertz CT molecular complexity index is 251. The van der Waals surface area contributed by atoms with Crippen LogP contribution in [0, 0.1) is 0 Å². The van der Waals surface area contributed by atoms with Crippen molar-refractivity contribution in [3.63, 3.8) is 0 Å². The molecule has 17 heavy (non-hydrogen) atoms. The van der Waals surface area contributed by atoms with Gasteiger partial charge in [-0.2, -0.15) is 0 Å². The van der Waals surface area contributed by atoms with Gasteiger partial charge in [-0.15, -0.1) is 0 Å². The number of ether oxygens (including phenoxy) is 2. The quantitative estimate of drug-likeness (QED) is 0.814. The van der Waals surface area contributed by atoms with E-state index in [-0.39, 0.29) is 12.2 Å². The SMILES string of the molecule is CC(C)(C)OC(=O)N1CCOC(CCCN)C1.